The maximum atomic E-state index is 12.1. The molecular weight excluding hydrogens is 352 g/mol. The first-order chi connectivity index (χ1) is 12.9. The summed E-state index contributed by atoms with van der Waals surface area (Å²) in [6.07, 6.45) is -1.48. The number of aliphatic hydroxyl groups is 1. The van der Waals surface area contributed by atoms with Crippen molar-refractivity contribution in [3.8, 4) is 5.75 Å². The lowest BCUT2D eigenvalue weighted by Gasteiger charge is -2.13. The second-order valence-corrected chi connectivity index (χ2v) is 5.57. The van der Waals surface area contributed by atoms with Crippen LogP contribution in [0.25, 0.3) is 0 Å². The minimum Gasteiger partial charge on any atom is -0.495 e. The van der Waals surface area contributed by atoms with Crippen LogP contribution in [0, 0.1) is 0 Å². The largest absolute Gasteiger partial charge is 0.495 e. The van der Waals surface area contributed by atoms with Crippen LogP contribution in [0.4, 0.5) is 11.4 Å². The monoisotopic (exact) mass is 372 g/mol. The summed E-state index contributed by atoms with van der Waals surface area (Å²) in [6, 6.07) is 12.9. The predicted molar refractivity (Wildman–Crippen MR) is 98.3 cm³/mol. The lowest BCUT2D eigenvalue weighted by molar-refractivity contribution is -0.156. The normalized spacial score (nSPS) is 11.2. The fourth-order valence-electron chi connectivity index (χ4n) is 2.26. The number of amides is 2. The van der Waals surface area contributed by atoms with E-state index >= 15 is 0 Å². The van der Waals surface area contributed by atoms with Gasteiger partial charge >= 0.3 is 5.97 Å². The van der Waals surface area contributed by atoms with E-state index in [2.05, 4.69) is 10.6 Å². The van der Waals surface area contributed by atoms with Crippen LogP contribution in [0.3, 0.4) is 0 Å². The van der Waals surface area contributed by atoms with Crippen molar-refractivity contribution >= 4 is 29.2 Å². The third-order valence-electron chi connectivity index (χ3n) is 3.48. The standard InChI is InChI=1S/C19H20N2O6/c1-12(22)20-14-8-9-16(26-2)15(10-14)21-17(23)11-27-19(25)18(24)13-6-4-3-5-7-13/h3-10,18,24H,11H2,1-2H3,(H,20,22)(H,21,23)/t18-/m0/s1. The molecule has 0 heterocycles. The predicted octanol–water partition coefficient (Wildman–Crippen LogP) is 1.87. The third-order valence-corrected chi connectivity index (χ3v) is 3.48. The van der Waals surface area contributed by atoms with Gasteiger partial charge in [-0.3, -0.25) is 9.59 Å². The van der Waals surface area contributed by atoms with Gasteiger partial charge in [0.2, 0.25) is 5.91 Å². The Morgan fingerprint density at radius 1 is 1.07 bits per heavy atom. The molecular formula is C19H20N2O6. The first-order valence-corrected chi connectivity index (χ1v) is 8.06. The van der Waals surface area contributed by atoms with Gasteiger partial charge in [0.25, 0.3) is 5.91 Å². The maximum Gasteiger partial charge on any atom is 0.340 e. The van der Waals surface area contributed by atoms with Gasteiger partial charge in [-0.15, -0.1) is 0 Å². The van der Waals surface area contributed by atoms with Gasteiger partial charge in [0.05, 0.1) is 12.8 Å². The van der Waals surface area contributed by atoms with Gasteiger partial charge in [0.15, 0.2) is 12.7 Å². The molecule has 0 aliphatic carbocycles. The van der Waals surface area contributed by atoms with Crippen molar-refractivity contribution in [1.82, 2.24) is 0 Å². The number of rotatable bonds is 7. The fourth-order valence-corrected chi connectivity index (χ4v) is 2.26. The molecule has 0 saturated heterocycles. The van der Waals surface area contributed by atoms with Crippen molar-refractivity contribution in [1.29, 1.82) is 0 Å². The molecule has 0 unspecified atom stereocenters. The van der Waals surface area contributed by atoms with Crippen molar-refractivity contribution < 1.29 is 29.0 Å². The Balaban J connectivity index is 1.97. The van der Waals surface area contributed by atoms with Crippen LogP contribution in [0.15, 0.2) is 48.5 Å². The van der Waals surface area contributed by atoms with Gasteiger partial charge in [-0.25, -0.2) is 4.79 Å². The number of hydrogen-bond acceptors (Lipinski definition) is 6. The minimum absolute atomic E-state index is 0.263. The van der Waals surface area contributed by atoms with E-state index in [0.29, 0.717) is 22.7 Å². The first-order valence-electron chi connectivity index (χ1n) is 8.06. The van der Waals surface area contributed by atoms with Crippen molar-refractivity contribution in [3.05, 3.63) is 54.1 Å². The summed E-state index contributed by atoms with van der Waals surface area (Å²) in [7, 11) is 1.43. The van der Waals surface area contributed by atoms with Crippen LogP contribution in [-0.4, -0.2) is 36.6 Å². The Labute approximate surface area is 156 Å². The van der Waals surface area contributed by atoms with Gasteiger partial charge in [-0.2, -0.15) is 0 Å². The van der Waals surface area contributed by atoms with Crippen LogP contribution in [-0.2, 0) is 19.1 Å². The second kappa shape index (κ2) is 9.35. The number of benzene rings is 2. The van der Waals surface area contributed by atoms with Crippen molar-refractivity contribution in [3.63, 3.8) is 0 Å². The number of ether oxygens (including phenoxy) is 2. The number of hydrogen-bond donors (Lipinski definition) is 3. The summed E-state index contributed by atoms with van der Waals surface area (Å²) in [4.78, 5) is 35.1. The number of anilines is 2. The molecule has 8 heteroatoms. The van der Waals surface area contributed by atoms with E-state index in [-0.39, 0.29) is 5.91 Å². The number of aliphatic hydroxyl groups excluding tert-OH is 1. The highest BCUT2D eigenvalue weighted by Crippen LogP contribution is 2.27. The third kappa shape index (κ3) is 5.82. The second-order valence-electron chi connectivity index (χ2n) is 5.57. The van der Waals surface area contributed by atoms with E-state index in [9.17, 15) is 19.5 Å². The molecule has 0 bridgehead atoms. The molecule has 0 saturated carbocycles. The topological polar surface area (TPSA) is 114 Å². The zero-order valence-corrected chi connectivity index (χ0v) is 14.9. The molecule has 0 fully saturated rings. The summed E-state index contributed by atoms with van der Waals surface area (Å²) in [5.41, 5.74) is 1.14. The van der Waals surface area contributed by atoms with E-state index < -0.39 is 24.6 Å². The van der Waals surface area contributed by atoms with E-state index in [1.807, 2.05) is 0 Å². The number of esters is 1. The molecule has 2 aromatic carbocycles. The van der Waals surface area contributed by atoms with Gasteiger partial charge in [0.1, 0.15) is 5.75 Å². The van der Waals surface area contributed by atoms with E-state index in [1.165, 1.54) is 20.1 Å². The van der Waals surface area contributed by atoms with Crippen LogP contribution < -0.4 is 15.4 Å². The SMILES string of the molecule is COc1ccc(NC(C)=O)cc1NC(=O)COC(=O)[C@@H](O)c1ccccc1. The minimum atomic E-state index is -1.48. The number of carbonyl (C=O) groups is 3. The van der Waals surface area contributed by atoms with Crippen molar-refractivity contribution in [2.45, 2.75) is 13.0 Å². The molecule has 0 spiro atoms. The lowest BCUT2D eigenvalue weighted by Crippen LogP contribution is -2.24. The molecule has 0 aromatic heterocycles. The van der Waals surface area contributed by atoms with Crippen LogP contribution in [0.1, 0.15) is 18.6 Å². The Kier molecular flexibility index (Phi) is 6.90. The Morgan fingerprint density at radius 2 is 1.78 bits per heavy atom. The molecule has 0 aliphatic heterocycles. The lowest BCUT2D eigenvalue weighted by atomic mass is 10.1. The van der Waals surface area contributed by atoms with Gasteiger partial charge in [-0.1, -0.05) is 30.3 Å². The summed E-state index contributed by atoms with van der Waals surface area (Å²) in [6.45, 7) is 0.774. The van der Waals surface area contributed by atoms with Crippen LogP contribution in [0.2, 0.25) is 0 Å². The Hall–Kier alpha value is -3.39. The molecule has 8 nitrogen and oxygen atoms in total. The highest BCUT2D eigenvalue weighted by Gasteiger charge is 2.20. The van der Waals surface area contributed by atoms with Crippen molar-refractivity contribution in [2.24, 2.45) is 0 Å². The summed E-state index contributed by atoms with van der Waals surface area (Å²) in [5.74, 6) is -1.45. The van der Waals surface area contributed by atoms with E-state index in [4.69, 9.17) is 9.47 Å². The zero-order chi connectivity index (χ0) is 19.8. The maximum absolute atomic E-state index is 12.1. The number of carbonyl (C=O) groups excluding carboxylic acids is 3. The molecule has 1 atom stereocenters. The summed E-state index contributed by atoms with van der Waals surface area (Å²) < 4.78 is 10.0. The molecule has 2 amide bonds. The highest BCUT2D eigenvalue weighted by molar-refractivity contribution is 5.96. The summed E-state index contributed by atoms with van der Waals surface area (Å²) in [5, 5.41) is 15.1. The Bertz CT molecular complexity index is 822. The molecule has 0 aliphatic rings. The first kappa shape index (κ1) is 19.9. The highest BCUT2D eigenvalue weighted by atomic mass is 16.5. The van der Waals surface area contributed by atoms with Gasteiger partial charge < -0.3 is 25.2 Å². The van der Waals surface area contributed by atoms with E-state index in [0.717, 1.165) is 0 Å². The van der Waals surface area contributed by atoms with Gasteiger partial charge in [-0.05, 0) is 23.8 Å². The van der Waals surface area contributed by atoms with Crippen molar-refractivity contribution in [2.75, 3.05) is 24.4 Å². The smallest absolute Gasteiger partial charge is 0.340 e. The molecule has 0 radical (unpaired) electrons. The quantitative estimate of drug-likeness (QED) is 0.640. The van der Waals surface area contributed by atoms with Crippen LogP contribution >= 0.6 is 0 Å². The average molecular weight is 372 g/mol. The number of methoxy groups -OCH3 is 1. The number of nitrogens with one attached hydrogen (secondary N) is 2. The Morgan fingerprint density at radius 3 is 2.41 bits per heavy atom. The zero-order valence-electron chi connectivity index (χ0n) is 14.9. The fraction of sp³-hybridized carbons (Fsp3) is 0.211. The van der Waals surface area contributed by atoms with Gasteiger partial charge in [0, 0.05) is 12.6 Å². The average Bonchev–Trinajstić information content (AvgIpc) is 2.66. The summed E-state index contributed by atoms with van der Waals surface area (Å²) >= 11 is 0. The molecule has 142 valence electrons. The molecule has 2 aromatic rings. The van der Waals surface area contributed by atoms with Crippen LogP contribution in [0.5, 0.6) is 5.75 Å². The molecule has 3 N–H and O–H groups in total. The molecule has 2 rings (SSSR count). The van der Waals surface area contributed by atoms with E-state index in [1.54, 1.807) is 42.5 Å². The molecule has 27 heavy (non-hydrogen) atoms.